The van der Waals surface area contributed by atoms with Gasteiger partial charge in [-0.3, -0.25) is 0 Å². The van der Waals surface area contributed by atoms with Crippen molar-refractivity contribution in [2.45, 2.75) is 6.10 Å². The van der Waals surface area contributed by atoms with E-state index in [1.54, 1.807) is 0 Å². The lowest BCUT2D eigenvalue weighted by Gasteiger charge is -2.30. The molecule has 0 atom stereocenters. The Morgan fingerprint density at radius 2 is 1.11 bits per heavy atom. The number of anilines is 2. The first kappa shape index (κ1) is 20.0. The summed E-state index contributed by atoms with van der Waals surface area (Å²) in [6, 6.07) is 16.7. The van der Waals surface area contributed by atoms with Gasteiger partial charge < -0.3 is 25.5 Å². The van der Waals surface area contributed by atoms with E-state index in [2.05, 4.69) is 56.8 Å². The fraction of sp³-hybridized carbons (Fsp3) is 0.429. The van der Waals surface area contributed by atoms with Gasteiger partial charge in [0, 0.05) is 63.7 Å². The van der Waals surface area contributed by atoms with Gasteiger partial charge in [0.15, 0.2) is 0 Å². The summed E-state index contributed by atoms with van der Waals surface area (Å²) in [6.45, 7) is 8.10. The molecule has 2 heterocycles. The summed E-state index contributed by atoms with van der Waals surface area (Å²) in [6.07, 6.45) is -0.597. The van der Waals surface area contributed by atoms with E-state index in [4.69, 9.17) is 0 Å². The Balaban J connectivity index is 0.00000210. The zero-order valence-corrected chi connectivity index (χ0v) is 16.4. The maximum Gasteiger partial charge on any atom is 0.104 e. The number of benzene rings is 2. The second-order valence-corrected chi connectivity index (χ2v) is 7.07. The van der Waals surface area contributed by atoms with Gasteiger partial charge >= 0.3 is 0 Å². The highest BCUT2D eigenvalue weighted by Gasteiger charge is 2.16. The first-order valence-corrected chi connectivity index (χ1v) is 9.60. The van der Waals surface area contributed by atoms with E-state index in [9.17, 15) is 5.11 Å². The molecule has 2 aliphatic heterocycles. The second kappa shape index (κ2) is 9.42. The minimum absolute atomic E-state index is 0. The number of rotatable bonds is 4. The van der Waals surface area contributed by atoms with Gasteiger partial charge in [-0.1, -0.05) is 24.3 Å². The molecule has 146 valence electrons. The molecule has 2 saturated heterocycles. The van der Waals surface area contributed by atoms with Gasteiger partial charge in [-0.2, -0.15) is 0 Å². The summed E-state index contributed by atoms with van der Waals surface area (Å²) in [5.41, 5.74) is 4.31. The van der Waals surface area contributed by atoms with Crippen molar-refractivity contribution in [3.05, 3.63) is 59.7 Å². The predicted octanol–water partition coefficient (Wildman–Crippen LogP) is 2.01. The number of hydrogen-bond donors (Lipinski definition) is 3. The molecular formula is C21H29ClN4O. The first-order valence-electron chi connectivity index (χ1n) is 9.60. The van der Waals surface area contributed by atoms with Crippen molar-refractivity contribution in [3.63, 3.8) is 0 Å². The molecule has 0 unspecified atom stereocenters. The van der Waals surface area contributed by atoms with Gasteiger partial charge in [0.25, 0.3) is 0 Å². The molecule has 0 bridgehead atoms. The number of nitrogens with one attached hydrogen (secondary N) is 2. The van der Waals surface area contributed by atoms with Gasteiger partial charge in [-0.15, -0.1) is 12.4 Å². The van der Waals surface area contributed by atoms with Crippen molar-refractivity contribution < 1.29 is 5.11 Å². The Kier molecular flexibility index (Phi) is 6.96. The van der Waals surface area contributed by atoms with Crippen molar-refractivity contribution in [2.24, 2.45) is 0 Å². The molecule has 0 aliphatic carbocycles. The molecule has 2 fully saturated rings. The maximum absolute atomic E-state index is 11.0. The van der Waals surface area contributed by atoms with Crippen LogP contribution in [0.1, 0.15) is 17.2 Å². The Hall–Kier alpha value is -1.79. The molecule has 0 radical (unpaired) electrons. The number of nitrogens with zero attached hydrogens (tertiary/aromatic N) is 2. The predicted molar refractivity (Wildman–Crippen MR) is 114 cm³/mol. The Morgan fingerprint density at radius 3 is 1.52 bits per heavy atom. The summed E-state index contributed by atoms with van der Waals surface area (Å²) in [4.78, 5) is 4.76. The number of halogens is 1. The van der Waals surface area contributed by atoms with E-state index in [0.717, 1.165) is 63.5 Å². The first-order chi connectivity index (χ1) is 12.8. The average molecular weight is 389 g/mol. The van der Waals surface area contributed by atoms with Gasteiger partial charge in [-0.05, 0) is 35.4 Å². The van der Waals surface area contributed by atoms with Crippen molar-refractivity contribution >= 4 is 23.8 Å². The number of hydrogen-bond acceptors (Lipinski definition) is 5. The van der Waals surface area contributed by atoms with Crippen LogP contribution in [0, 0.1) is 0 Å². The lowest BCUT2D eigenvalue weighted by atomic mass is 10.00. The largest absolute Gasteiger partial charge is 0.384 e. The fourth-order valence-corrected chi connectivity index (χ4v) is 3.82. The van der Waals surface area contributed by atoms with Crippen LogP contribution >= 0.6 is 12.4 Å². The zero-order chi connectivity index (χ0) is 17.8. The summed E-state index contributed by atoms with van der Waals surface area (Å²) in [5, 5.41) is 17.7. The van der Waals surface area contributed by atoms with Gasteiger partial charge in [-0.25, -0.2) is 0 Å². The molecule has 2 aliphatic rings. The molecule has 0 aromatic heterocycles. The molecule has 0 amide bonds. The molecule has 2 aromatic carbocycles. The third-order valence-corrected chi connectivity index (χ3v) is 5.34. The smallest absolute Gasteiger partial charge is 0.104 e. The van der Waals surface area contributed by atoms with E-state index in [0.29, 0.717) is 0 Å². The topological polar surface area (TPSA) is 50.8 Å². The van der Waals surface area contributed by atoms with Crippen LogP contribution in [0.15, 0.2) is 48.5 Å². The minimum atomic E-state index is -0.597. The van der Waals surface area contributed by atoms with Crippen LogP contribution in [0.5, 0.6) is 0 Å². The average Bonchev–Trinajstić information content (AvgIpc) is 2.75. The minimum Gasteiger partial charge on any atom is -0.384 e. The van der Waals surface area contributed by atoms with Gasteiger partial charge in [0.2, 0.25) is 0 Å². The van der Waals surface area contributed by atoms with Crippen LogP contribution in [-0.4, -0.2) is 57.5 Å². The highest BCUT2D eigenvalue weighted by molar-refractivity contribution is 5.85. The van der Waals surface area contributed by atoms with Crippen molar-refractivity contribution in [1.82, 2.24) is 10.6 Å². The summed E-state index contributed by atoms with van der Waals surface area (Å²) in [7, 11) is 0. The molecular weight excluding hydrogens is 360 g/mol. The summed E-state index contributed by atoms with van der Waals surface area (Å²) < 4.78 is 0. The number of aliphatic hydroxyl groups is 1. The fourth-order valence-electron chi connectivity index (χ4n) is 3.82. The Labute approximate surface area is 167 Å². The van der Waals surface area contributed by atoms with Crippen molar-refractivity contribution in [1.29, 1.82) is 0 Å². The highest BCUT2D eigenvalue weighted by Crippen LogP contribution is 2.28. The quantitative estimate of drug-likeness (QED) is 0.748. The normalized spacial score (nSPS) is 17.7. The molecule has 3 N–H and O–H groups in total. The molecule has 27 heavy (non-hydrogen) atoms. The van der Waals surface area contributed by atoms with Crippen LogP contribution in [0.4, 0.5) is 11.4 Å². The van der Waals surface area contributed by atoms with E-state index in [1.807, 2.05) is 12.1 Å². The SMILES string of the molecule is Cl.OC(c1cccc(N2CCNCC2)c1)c1cccc(N2CCNCC2)c1. The van der Waals surface area contributed by atoms with E-state index >= 15 is 0 Å². The van der Waals surface area contributed by atoms with Crippen molar-refractivity contribution in [2.75, 3.05) is 62.2 Å². The highest BCUT2D eigenvalue weighted by atomic mass is 35.5. The standard InChI is InChI=1S/C21H28N4O.ClH/c26-21(17-3-1-5-19(15-17)24-11-7-22-8-12-24)18-4-2-6-20(16-18)25-13-9-23-10-14-25;/h1-6,15-16,21-23,26H,7-14H2;1H. The Bertz CT molecular complexity index is 668. The lowest BCUT2D eigenvalue weighted by Crippen LogP contribution is -2.43. The Morgan fingerprint density at radius 1 is 0.704 bits per heavy atom. The van der Waals surface area contributed by atoms with Crippen LogP contribution in [0.25, 0.3) is 0 Å². The molecule has 0 saturated carbocycles. The third kappa shape index (κ3) is 4.74. The molecule has 2 aromatic rings. The number of aliphatic hydroxyl groups excluding tert-OH is 1. The molecule has 4 rings (SSSR count). The van der Waals surface area contributed by atoms with Crippen LogP contribution in [0.3, 0.4) is 0 Å². The van der Waals surface area contributed by atoms with E-state index in [-0.39, 0.29) is 12.4 Å². The van der Waals surface area contributed by atoms with Crippen LogP contribution < -0.4 is 20.4 Å². The summed E-state index contributed by atoms with van der Waals surface area (Å²) >= 11 is 0. The summed E-state index contributed by atoms with van der Waals surface area (Å²) in [5.74, 6) is 0. The van der Waals surface area contributed by atoms with E-state index < -0.39 is 6.10 Å². The second-order valence-electron chi connectivity index (χ2n) is 7.07. The number of piperazine rings is 2. The van der Waals surface area contributed by atoms with Crippen molar-refractivity contribution in [3.8, 4) is 0 Å². The lowest BCUT2D eigenvalue weighted by molar-refractivity contribution is 0.220. The third-order valence-electron chi connectivity index (χ3n) is 5.34. The zero-order valence-electron chi connectivity index (χ0n) is 15.6. The van der Waals surface area contributed by atoms with Gasteiger partial charge in [0.1, 0.15) is 6.10 Å². The maximum atomic E-state index is 11.0. The van der Waals surface area contributed by atoms with E-state index in [1.165, 1.54) is 11.4 Å². The monoisotopic (exact) mass is 388 g/mol. The molecule has 0 spiro atoms. The molecule has 6 heteroatoms. The molecule has 5 nitrogen and oxygen atoms in total. The van der Waals surface area contributed by atoms with Crippen LogP contribution in [0.2, 0.25) is 0 Å². The van der Waals surface area contributed by atoms with Crippen LogP contribution in [-0.2, 0) is 0 Å². The van der Waals surface area contributed by atoms with Gasteiger partial charge in [0.05, 0.1) is 0 Å².